The van der Waals surface area contributed by atoms with Gasteiger partial charge in [0.2, 0.25) is 0 Å². The van der Waals surface area contributed by atoms with E-state index < -0.39 is 0 Å². The Labute approximate surface area is 159 Å². The number of hydrogen-bond donors (Lipinski definition) is 0. The number of hydrogen-bond acceptors (Lipinski definition) is 3. The number of thiocarbonyl (C=S) groups is 1. The standard InChI is InChI=1S/C19H14BrNOS2/c20-16-10-4-8-14(12-16)9-5-11-17-18(22)21(19(23)24-17)13-15-6-2-1-3-7-15/h1-12H,13H2. The van der Waals surface area contributed by atoms with Crippen LogP contribution in [0.5, 0.6) is 0 Å². The van der Waals surface area contributed by atoms with Crippen LogP contribution in [0.15, 0.2) is 76.1 Å². The Morgan fingerprint density at radius 3 is 2.67 bits per heavy atom. The molecular formula is C19H14BrNOS2. The summed E-state index contributed by atoms with van der Waals surface area (Å²) in [6.07, 6.45) is 5.68. The van der Waals surface area contributed by atoms with Crippen LogP contribution < -0.4 is 0 Å². The second-order valence-corrected chi connectivity index (χ2v) is 7.78. The molecule has 0 N–H and O–H groups in total. The number of benzene rings is 2. The molecule has 2 aromatic rings. The summed E-state index contributed by atoms with van der Waals surface area (Å²) in [7, 11) is 0. The lowest BCUT2D eigenvalue weighted by molar-refractivity contribution is -0.122. The molecule has 2 aromatic carbocycles. The van der Waals surface area contributed by atoms with Crippen molar-refractivity contribution in [1.29, 1.82) is 0 Å². The zero-order valence-corrected chi connectivity index (χ0v) is 15.9. The summed E-state index contributed by atoms with van der Waals surface area (Å²) in [6, 6.07) is 17.9. The van der Waals surface area contributed by atoms with E-state index in [4.69, 9.17) is 12.2 Å². The molecule has 1 amide bonds. The van der Waals surface area contributed by atoms with E-state index in [1.54, 1.807) is 4.90 Å². The minimum absolute atomic E-state index is 0.0345. The molecule has 1 aliphatic heterocycles. The molecular weight excluding hydrogens is 402 g/mol. The van der Waals surface area contributed by atoms with Gasteiger partial charge in [0.25, 0.3) is 5.91 Å². The fourth-order valence-electron chi connectivity index (χ4n) is 2.27. The van der Waals surface area contributed by atoms with Crippen molar-refractivity contribution < 1.29 is 4.79 Å². The third kappa shape index (κ3) is 4.23. The molecule has 1 fully saturated rings. The third-order valence-electron chi connectivity index (χ3n) is 3.44. The Hall–Kier alpha value is -1.69. The largest absolute Gasteiger partial charge is 0.288 e. The van der Waals surface area contributed by atoms with Crippen molar-refractivity contribution in [2.75, 3.05) is 0 Å². The number of thioether (sulfide) groups is 1. The predicted octanol–water partition coefficient (Wildman–Crippen LogP) is 5.41. The van der Waals surface area contributed by atoms with Crippen molar-refractivity contribution in [2.45, 2.75) is 6.54 Å². The number of amides is 1. The third-order valence-corrected chi connectivity index (χ3v) is 5.33. The fourth-order valence-corrected chi connectivity index (χ4v) is 3.90. The van der Waals surface area contributed by atoms with Gasteiger partial charge < -0.3 is 0 Å². The molecule has 120 valence electrons. The summed E-state index contributed by atoms with van der Waals surface area (Å²) < 4.78 is 1.63. The Bertz CT molecular complexity index is 830. The molecule has 3 rings (SSSR count). The molecule has 0 aromatic heterocycles. The van der Waals surface area contributed by atoms with Crippen molar-refractivity contribution in [3.05, 3.63) is 87.3 Å². The second kappa shape index (κ2) is 7.92. The molecule has 2 nitrogen and oxygen atoms in total. The molecule has 1 aliphatic rings. The highest BCUT2D eigenvalue weighted by Gasteiger charge is 2.31. The SMILES string of the molecule is O=C1C(=CC=Cc2cccc(Br)c2)SC(=S)N1Cc1ccccc1. The Balaban J connectivity index is 1.71. The zero-order chi connectivity index (χ0) is 16.9. The van der Waals surface area contributed by atoms with Crippen molar-refractivity contribution >= 4 is 56.2 Å². The lowest BCUT2D eigenvalue weighted by Gasteiger charge is -2.14. The quantitative estimate of drug-likeness (QED) is 0.491. The maximum Gasteiger partial charge on any atom is 0.266 e. The van der Waals surface area contributed by atoms with E-state index in [2.05, 4.69) is 15.9 Å². The molecule has 1 saturated heterocycles. The first kappa shape index (κ1) is 17.1. The molecule has 0 aliphatic carbocycles. The summed E-state index contributed by atoms with van der Waals surface area (Å²) in [6.45, 7) is 0.512. The highest BCUT2D eigenvalue weighted by atomic mass is 79.9. The monoisotopic (exact) mass is 415 g/mol. The maximum atomic E-state index is 12.5. The number of allylic oxidation sites excluding steroid dienone is 2. The summed E-state index contributed by atoms with van der Waals surface area (Å²) >= 11 is 10.1. The predicted molar refractivity (Wildman–Crippen MR) is 108 cm³/mol. The lowest BCUT2D eigenvalue weighted by atomic mass is 10.2. The van der Waals surface area contributed by atoms with Gasteiger partial charge in [-0.2, -0.15) is 0 Å². The molecule has 24 heavy (non-hydrogen) atoms. The maximum absolute atomic E-state index is 12.5. The summed E-state index contributed by atoms with van der Waals surface area (Å²) in [5.74, 6) is -0.0345. The first-order chi connectivity index (χ1) is 11.6. The first-order valence-electron chi connectivity index (χ1n) is 7.35. The van der Waals surface area contributed by atoms with E-state index in [1.165, 1.54) is 11.8 Å². The number of halogens is 1. The van der Waals surface area contributed by atoms with Gasteiger partial charge in [0, 0.05) is 4.47 Å². The van der Waals surface area contributed by atoms with Crippen molar-refractivity contribution in [3.63, 3.8) is 0 Å². The minimum Gasteiger partial charge on any atom is -0.288 e. The van der Waals surface area contributed by atoms with E-state index in [1.807, 2.05) is 72.8 Å². The average Bonchev–Trinajstić information content (AvgIpc) is 2.84. The van der Waals surface area contributed by atoms with Gasteiger partial charge in [0.15, 0.2) is 0 Å². The van der Waals surface area contributed by atoms with Crippen LogP contribution >= 0.6 is 39.9 Å². The number of carbonyl (C=O) groups is 1. The van der Waals surface area contributed by atoms with Gasteiger partial charge in [0.05, 0.1) is 11.4 Å². The fraction of sp³-hybridized carbons (Fsp3) is 0.0526. The van der Waals surface area contributed by atoms with E-state index in [0.717, 1.165) is 15.6 Å². The summed E-state index contributed by atoms with van der Waals surface area (Å²) in [5, 5.41) is 0. The van der Waals surface area contributed by atoms with Gasteiger partial charge >= 0.3 is 0 Å². The van der Waals surface area contributed by atoms with E-state index >= 15 is 0 Å². The number of carbonyl (C=O) groups excluding carboxylic acids is 1. The van der Waals surface area contributed by atoms with Crippen LogP contribution in [-0.4, -0.2) is 15.1 Å². The topological polar surface area (TPSA) is 20.3 Å². The molecule has 0 radical (unpaired) electrons. The second-order valence-electron chi connectivity index (χ2n) is 5.19. The molecule has 0 bridgehead atoms. The highest BCUT2D eigenvalue weighted by Crippen LogP contribution is 2.32. The van der Waals surface area contributed by atoms with E-state index in [9.17, 15) is 4.79 Å². The molecule has 5 heteroatoms. The van der Waals surface area contributed by atoms with Crippen LogP contribution in [-0.2, 0) is 11.3 Å². The zero-order valence-electron chi connectivity index (χ0n) is 12.7. The van der Waals surface area contributed by atoms with Crippen LogP contribution in [0.4, 0.5) is 0 Å². The van der Waals surface area contributed by atoms with Gasteiger partial charge in [0.1, 0.15) is 4.32 Å². The Morgan fingerprint density at radius 2 is 1.92 bits per heavy atom. The molecule has 0 spiro atoms. The van der Waals surface area contributed by atoms with E-state index in [0.29, 0.717) is 15.8 Å². The van der Waals surface area contributed by atoms with Crippen LogP contribution in [0.1, 0.15) is 11.1 Å². The Kier molecular flexibility index (Phi) is 5.66. The van der Waals surface area contributed by atoms with Crippen LogP contribution in [0.25, 0.3) is 6.08 Å². The van der Waals surface area contributed by atoms with Gasteiger partial charge in [-0.05, 0) is 29.3 Å². The van der Waals surface area contributed by atoms with Gasteiger partial charge in [-0.15, -0.1) is 0 Å². The summed E-state index contributed by atoms with van der Waals surface area (Å²) in [4.78, 5) is 14.8. The molecule has 1 heterocycles. The minimum atomic E-state index is -0.0345. The average molecular weight is 416 g/mol. The molecule has 0 saturated carbocycles. The lowest BCUT2D eigenvalue weighted by Crippen LogP contribution is -2.27. The van der Waals surface area contributed by atoms with Crippen molar-refractivity contribution in [3.8, 4) is 0 Å². The summed E-state index contributed by atoms with van der Waals surface area (Å²) in [5.41, 5.74) is 2.14. The molecule has 0 unspecified atom stereocenters. The smallest absolute Gasteiger partial charge is 0.266 e. The first-order valence-corrected chi connectivity index (χ1v) is 9.37. The van der Waals surface area contributed by atoms with Crippen molar-refractivity contribution in [1.82, 2.24) is 4.90 Å². The van der Waals surface area contributed by atoms with Gasteiger partial charge in [-0.3, -0.25) is 9.69 Å². The molecule has 0 atom stereocenters. The van der Waals surface area contributed by atoms with Crippen LogP contribution in [0.3, 0.4) is 0 Å². The Morgan fingerprint density at radius 1 is 1.12 bits per heavy atom. The number of rotatable bonds is 4. The van der Waals surface area contributed by atoms with E-state index in [-0.39, 0.29) is 5.91 Å². The van der Waals surface area contributed by atoms with Crippen molar-refractivity contribution in [2.24, 2.45) is 0 Å². The van der Waals surface area contributed by atoms with Crippen LogP contribution in [0.2, 0.25) is 0 Å². The normalized spacial score (nSPS) is 16.5. The van der Waals surface area contributed by atoms with Crippen LogP contribution in [0, 0.1) is 0 Å². The number of nitrogens with zero attached hydrogens (tertiary/aromatic N) is 1. The van der Waals surface area contributed by atoms with Gasteiger partial charge in [-0.25, -0.2) is 0 Å². The van der Waals surface area contributed by atoms with Gasteiger partial charge in [-0.1, -0.05) is 94.5 Å². The highest BCUT2D eigenvalue weighted by molar-refractivity contribution is 9.10.